The second kappa shape index (κ2) is 8.62. The Kier molecular flexibility index (Phi) is 6.19. The molecule has 150 valence electrons. The number of hydrogen-bond acceptors (Lipinski definition) is 5. The van der Waals surface area contributed by atoms with Crippen molar-refractivity contribution >= 4 is 51.8 Å². The smallest absolute Gasteiger partial charge is 0.344 e. The largest absolute Gasteiger partial charge is 0.465 e. The zero-order valence-electron chi connectivity index (χ0n) is 14.8. The first-order valence-corrected chi connectivity index (χ1v) is 9.48. The van der Waals surface area contributed by atoms with Crippen molar-refractivity contribution in [3.63, 3.8) is 0 Å². The lowest BCUT2D eigenvalue weighted by molar-refractivity contribution is -0.113. The number of H-pyrrole nitrogens is 1. The van der Waals surface area contributed by atoms with E-state index >= 15 is 0 Å². The average Bonchev–Trinajstić information content (AvgIpc) is 2.68. The number of methoxy groups -OCH3 is 1. The lowest BCUT2D eigenvalue weighted by atomic mass is 10.1. The molecule has 0 bridgehead atoms. The van der Waals surface area contributed by atoms with Crippen molar-refractivity contribution in [3.05, 3.63) is 68.8 Å². The molecule has 0 saturated heterocycles. The number of anilines is 1. The summed E-state index contributed by atoms with van der Waals surface area (Å²) in [6.45, 7) is 0. The van der Waals surface area contributed by atoms with E-state index in [1.165, 1.54) is 6.07 Å². The molecule has 1 amide bonds. The molecule has 3 rings (SSSR count). The predicted molar refractivity (Wildman–Crippen MR) is 107 cm³/mol. The lowest BCUT2D eigenvalue weighted by Gasteiger charge is -2.10. The van der Waals surface area contributed by atoms with Gasteiger partial charge in [0.2, 0.25) is 11.3 Å². The molecule has 0 atom stereocenters. The molecule has 0 saturated carbocycles. The van der Waals surface area contributed by atoms with Crippen molar-refractivity contribution in [2.24, 2.45) is 0 Å². The highest BCUT2D eigenvalue weighted by atomic mass is 35.5. The number of fused-ring (bicyclic) bond motifs is 1. The Morgan fingerprint density at radius 2 is 1.97 bits per heavy atom. The van der Waals surface area contributed by atoms with Crippen molar-refractivity contribution in [1.29, 1.82) is 0 Å². The third-order valence-electron chi connectivity index (χ3n) is 3.87. The van der Waals surface area contributed by atoms with E-state index in [9.17, 15) is 23.2 Å². The van der Waals surface area contributed by atoms with Crippen LogP contribution in [0.3, 0.4) is 0 Å². The number of rotatable bonds is 5. The molecular weight excluding hydrogens is 426 g/mol. The summed E-state index contributed by atoms with van der Waals surface area (Å²) in [6.07, 6.45) is 0. The molecule has 2 N–H and O–H groups in total. The SMILES string of the molecule is COC(=O)c1c(SCC(=O)Nc2ccc(F)cc2F)[nH]c2ccc(Cl)cc2c1=O. The standard InChI is InChI=1S/C19H13ClF2N2O4S/c1-28-19(27)16-17(26)11-6-9(20)2-4-13(11)24-18(16)29-8-15(25)23-14-5-3-10(21)7-12(14)22/h2-7H,8H2,1H3,(H,23,25)(H,24,26). The third-order valence-corrected chi connectivity index (χ3v) is 5.11. The number of pyridine rings is 1. The van der Waals surface area contributed by atoms with Gasteiger partial charge >= 0.3 is 5.97 Å². The fourth-order valence-electron chi connectivity index (χ4n) is 2.55. The Bertz CT molecular complexity index is 1180. The number of halogens is 3. The fraction of sp³-hybridized carbons (Fsp3) is 0.105. The van der Waals surface area contributed by atoms with Crippen LogP contribution >= 0.6 is 23.4 Å². The Morgan fingerprint density at radius 1 is 1.21 bits per heavy atom. The van der Waals surface area contributed by atoms with Gasteiger partial charge in [0.15, 0.2) is 0 Å². The quantitative estimate of drug-likeness (QED) is 0.464. The number of esters is 1. The van der Waals surface area contributed by atoms with Crippen molar-refractivity contribution < 1.29 is 23.1 Å². The summed E-state index contributed by atoms with van der Waals surface area (Å²) < 4.78 is 31.3. The van der Waals surface area contributed by atoms with Crippen LogP contribution in [0.15, 0.2) is 46.2 Å². The van der Waals surface area contributed by atoms with Gasteiger partial charge in [-0.15, -0.1) is 0 Å². The summed E-state index contributed by atoms with van der Waals surface area (Å²) in [7, 11) is 1.13. The number of aromatic amines is 1. The van der Waals surface area contributed by atoms with Gasteiger partial charge in [0.25, 0.3) is 0 Å². The van der Waals surface area contributed by atoms with E-state index in [4.69, 9.17) is 11.6 Å². The number of ether oxygens (including phenoxy) is 1. The second-order valence-electron chi connectivity index (χ2n) is 5.80. The summed E-state index contributed by atoms with van der Waals surface area (Å²) in [6, 6.07) is 7.29. The minimum atomic E-state index is -0.922. The summed E-state index contributed by atoms with van der Waals surface area (Å²) in [5, 5.41) is 2.93. The number of aromatic nitrogens is 1. The van der Waals surface area contributed by atoms with E-state index in [-0.39, 0.29) is 27.4 Å². The molecule has 10 heteroatoms. The van der Waals surface area contributed by atoms with E-state index in [1.54, 1.807) is 12.1 Å². The number of thioether (sulfide) groups is 1. The highest BCUT2D eigenvalue weighted by Crippen LogP contribution is 2.24. The van der Waals surface area contributed by atoms with E-state index in [0.717, 1.165) is 31.0 Å². The van der Waals surface area contributed by atoms with Crippen LogP contribution in [0.5, 0.6) is 0 Å². The van der Waals surface area contributed by atoms with Crippen LogP contribution in [0, 0.1) is 11.6 Å². The Hall–Kier alpha value is -2.91. The van der Waals surface area contributed by atoms with Gasteiger partial charge in [0.1, 0.15) is 17.2 Å². The molecule has 0 fully saturated rings. The van der Waals surface area contributed by atoms with Gasteiger partial charge in [-0.3, -0.25) is 9.59 Å². The van der Waals surface area contributed by atoms with E-state index in [2.05, 4.69) is 15.0 Å². The first kappa shape index (κ1) is 20.8. The zero-order chi connectivity index (χ0) is 21.1. The van der Waals surface area contributed by atoms with E-state index in [1.807, 2.05) is 0 Å². The van der Waals surface area contributed by atoms with Crippen LogP contribution in [-0.2, 0) is 9.53 Å². The molecule has 0 unspecified atom stereocenters. The predicted octanol–water partition coefficient (Wildman–Crippen LogP) is 3.98. The maximum atomic E-state index is 13.7. The highest BCUT2D eigenvalue weighted by Gasteiger charge is 2.21. The normalized spacial score (nSPS) is 10.8. The van der Waals surface area contributed by atoms with Gasteiger partial charge in [0.05, 0.1) is 29.1 Å². The highest BCUT2D eigenvalue weighted by molar-refractivity contribution is 8.00. The molecule has 3 aromatic rings. The topological polar surface area (TPSA) is 88.3 Å². The molecule has 0 aliphatic rings. The van der Waals surface area contributed by atoms with Crippen LogP contribution in [0.1, 0.15) is 10.4 Å². The van der Waals surface area contributed by atoms with Gasteiger partial charge in [-0.1, -0.05) is 23.4 Å². The van der Waals surface area contributed by atoms with Crippen LogP contribution in [0.25, 0.3) is 10.9 Å². The number of hydrogen-bond donors (Lipinski definition) is 2. The summed E-state index contributed by atoms with van der Waals surface area (Å²) in [4.78, 5) is 39.9. The van der Waals surface area contributed by atoms with E-state index < -0.39 is 28.9 Å². The van der Waals surface area contributed by atoms with Gasteiger partial charge in [-0.2, -0.15) is 0 Å². The number of carbonyl (C=O) groups is 2. The molecule has 0 spiro atoms. The van der Waals surface area contributed by atoms with Crippen LogP contribution in [0.2, 0.25) is 5.02 Å². The average molecular weight is 439 g/mol. The van der Waals surface area contributed by atoms with E-state index in [0.29, 0.717) is 16.6 Å². The Morgan fingerprint density at radius 3 is 2.66 bits per heavy atom. The molecule has 0 aliphatic heterocycles. The van der Waals surface area contributed by atoms with Crippen LogP contribution in [0.4, 0.5) is 14.5 Å². The zero-order valence-corrected chi connectivity index (χ0v) is 16.4. The molecule has 29 heavy (non-hydrogen) atoms. The Labute approximate surface area is 172 Å². The molecule has 2 aromatic carbocycles. The lowest BCUT2D eigenvalue weighted by Crippen LogP contribution is -2.21. The maximum absolute atomic E-state index is 13.7. The van der Waals surface area contributed by atoms with Gasteiger partial charge in [-0.05, 0) is 30.3 Å². The molecule has 0 aliphatic carbocycles. The third kappa shape index (κ3) is 4.57. The summed E-state index contributed by atoms with van der Waals surface area (Å²) >= 11 is 6.78. The van der Waals surface area contributed by atoms with Gasteiger partial charge < -0.3 is 15.0 Å². The first-order chi connectivity index (χ1) is 13.8. The molecule has 0 radical (unpaired) electrons. The van der Waals surface area contributed by atoms with Crippen LogP contribution in [-0.4, -0.2) is 29.7 Å². The number of carbonyl (C=O) groups excluding carboxylic acids is 2. The molecule has 1 aromatic heterocycles. The summed E-state index contributed by atoms with van der Waals surface area (Å²) in [5.74, 6) is -3.44. The maximum Gasteiger partial charge on any atom is 0.344 e. The Balaban J connectivity index is 1.88. The fourth-order valence-corrected chi connectivity index (χ4v) is 3.57. The molecular formula is C19H13ClF2N2O4S. The van der Waals surface area contributed by atoms with Crippen molar-refractivity contribution in [2.45, 2.75) is 5.03 Å². The van der Waals surface area contributed by atoms with Crippen LogP contribution < -0.4 is 10.7 Å². The first-order valence-electron chi connectivity index (χ1n) is 8.11. The van der Waals surface area contributed by atoms with Crippen molar-refractivity contribution in [2.75, 3.05) is 18.2 Å². The number of amides is 1. The molecule has 6 nitrogen and oxygen atoms in total. The summed E-state index contributed by atoms with van der Waals surface area (Å²) in [5.41, 5.74) is -0.639. The van der Waals surface area contributed by atoms with Crippen molar-refractivity contribution in [1.82, 2.24) is 4.98 Å². The second-order valence-corrected chi connectivity index (χ2v) is 7.22. The van der Waals surface area contributed by atoms with Gasteiger partial charge in [-0.25, -0.2) is 13.6 Å². The van der Waals surface area contributed by atoms with Crippen molar-refractivity contribution in [3.8, 4) is 0 Å². The minimum absolute atomic E-state index is 0.117. The number of benzene rings is 2. The monoisotopic (exact) mass is 438 g/mol. The number of nitrogens with one attached hydrogen (secondary N) is 2. The van der Waals surface area contributed by atoms with Gasteiger partial charge in [0, 0.05) is 16.5 Å². The minimum Gasteiger partial charge on any atom is -0.465 e. The molecule has 1 heterocycles.